The van der Waals surface area contributed by atoms with Gasteiger partial charge in [-0.15, -0.1) is 0 Å². The van der Waals surface area contributed by atoms with E-state index in [0.717, 1.165) is 23.0 Å². The normalized spacial score (nSPS) is 10.3. The van der Waals surface area contributed by atoms with Crippen molar-refractivity contribution in [3.05, 3.63) is 36.5 Å². The first-order chi connectivity index (χ1) is 8.81. The van der Waals surface area contributed by atoms with Crippen molar-refractivity contribution in [2.75, 3.05) is 18.4 Å². The molecule has 0 spiro atoms. The van der Waals surface area contributed by atoms with Crippen LogP contribution < -0.4 is 10.6 Å². The molecule has 0 saturated heterocycles. The predicted octanol–water partition coefficient (Wildman–Crippen LogP) is 2.17. The third-order valence-corrected chi connectivity index (χ3v) is 2.64. The molecule has 1 aromatic heterocycles. The van der Waals surface area contributed by atoms with Gasteiger partial charge in [-0.2, -0.15) is 0 Å². The number of rotatable bonds is 5. The van der Waals surface area contributed by atoms with Gasteiger partial charge in [0.2, 0.25) is 5.91 Å². The lowest BCUT2D eigenvalue weighted by atomic mass is 10.2. The molecule has 0 unspecified atom stereocenters. The van der Waals surface area contributed by atoms with E-state index in [1.165, 1.54) is 0 Å². The van der Waals surface area contributed by atoms with E-state index in [1.807, 2.05) is 37.3 Å². The lowest BCUT2D eigenvalue weighted by Crippen LogP contribution is -2.30. The molecule has 1 aromatic carbocycles. The van der Waals surface area contributed by atoms with Crippen LogP contribution in [0.4, 0.5) is 5.69 Å². The van der Waals surface area contributed by atoms with Crippen LogP contribution in [-0.4, -0.2) is 24.0 Å². The van der Waals surface area contributed by atoms with Crippen LogP contribution in [0.2, 0.25) is 0 Å². The molecule has 0 aliphatic heterocycles. The molecule has 0 aliphatic carbocycles. The number of hydrogen-bond donors (Lipinski definition) is 2. The van der Waals surface area contributed by atoms with E-state index in [1.54, 1.807) is 6.20 Å². The van der Waals surface area contributed by atoms with Gasteiger partial charge in [0.15, 0.2) is 0 Å². The average Bonchev–Trinajstić information content (AvgIpc) is 2.42. The quantitative estimate of drug-likeness (QED) is 0.846. The molecule has 0 aliphatic rings. The molecule has 0 fully saturated rings. The second-order valence-corrected chi connectivity index (χ2v) is 4.08. The Hall–Kier alpha value is -2.10. The Bertz CT molecular complexity index is 534. The van der Waals surface area contributed by atoms with Crippen LogP contribution in [-0.2, 0) is 4.79 Å². The monoisotopic (exact) mass is 243 g/mol. The molecule has 2 N–H and O–H groups in total. The van der Waals surface area contributed by atoms with Gasteiger partial charge >= 0.3 is 0 Å². The zero-order valence-corrected chi connectivity index (χ0v) is 10.4. The van der Waals surface area contributed by atoms with E-state index >= 15 is 0 Å². The topological polar surface area (TPSA) is 54.0 Å². The molecule has 1 heterocycles. The van der Waals surface area contributed by atoms with Crippen molar-refractivity contribution in [1.82, 2.24) is 10.3 Å². The summed E-state index contributed by atoms with van der Waals surface area (Å²) < 4.78 is 0. The maximum Gasteiger partial charge on any atom is 0.239 e. The van der Waals surface area contributed by atoms with E-state index in [2.05, 4.69) is 15.6 Å². The lowest BCUT2D eigenvalue weighted by molar-refractivity contribution is -0.119. The first-order valence-corrected chi connectivity index (χ1v) is 6.15. The van der Waals surface area contributed by atoms with Crippen molar-refractivity contribution in [2.45, 2.75) is 13.3 Å². The minimum absolute atomic E-state index is 0.00443. The highest BCUT2D eigenvalue weighted by Gasteiger charge is 2.03. The Morgan fingerprint density at radius 2 is 2.11 bits per heavy atom. The predicted molar refractivity (Wildman–Crippen MR) is 73.5 cm³/mol. The van der Waals surface area contributed by atoms with E-state index in [4.69, 9.17) is 0 Å². The number of pyridine rings is 1. The molecule has 0 saturated carbocycles. The second kappa shape index (κ2) is 6.00. The van der Waals surface area contributed by atoms with Crippen LogP contribution in [0.15, 0.2) is 36.5 Å². The number of fused-ring (bicyclic) bond motifs is 1. The van der Waals surface area contributed by atoms with Crippen LogP contribution in [0.5, 0.6) is 0 Å². The highest BCUT2D eigenvalue weighted by Crippen LogP contribution is 2.20. The standard InChI is InChI=1S/C14H17N3O/c1-2-8-15-13(18)10-17-12-7-3-5-11-6-4-9-16-14(11)12/h3-7,9,17H,2,8,10H2,1H3,(H,15,18). The molecule has 0 bridgehead atoms. The number of benzene rings is 1. The molecule has 94 valence electrons. The van der Waals surface area contributed by atoms with Gasteiger partial charge in [0.1, 0.15) is 0 Å². The lowest BCUT2D eigenvalue weighted by Gasteiger charge is -2.09. The summed E-state index contributed by atoms with van der Waals surface area (Å²) >= 11 is 0. The van der Waals surface area contributed by atoms with Crippen LogP contribution in [0.3, 0.4) is 0 Å². The molecule has 1 amide bonds. The minimum Gasteiger partial charge on any atom is -0.374 e. The Labute approximate surface area is 106 Å². The number of carbonyl (C=O) groups excluding carboxylic acids is 1. The Balaban J connectivity index is 2.05. The van der Waals surface area contributed by atoms with Crippen molar-refractivity contribution in [3.8, 4) is 0 Å². The van der Waals surface area contributed by atoms with Crippen molar-refractivity contribution in [3.63, 3.8) is 0 Å². The average molecular weight is 243 g/mol. The first kappa shape index (κ1) is 12.4. The fraction of sp³-hybridized carbons (Fsp3) is 0.286. The maximum absolute atomic E-state index is 11.5. The summed E-state index contributed by atoms with van der Waals surface area (Å²) in [6.45, 7) is 3.02. The smallest absolute Gasteiger partial charge is 0.239 e. The number of amides is 1. The molecule has 4 heteroatoms. The SMILES string of the molecule is CCCNC(=O)CNc1cccc2cccnc12. The summed E-state index contributed by atoms with van der Waals surface area (Å²) in [6.07, 6.45) is 2.70. The fourth-order valence-corrected chi connectivity index (χ4v) is 1.75. The van der Waals surface area contributed by atoms with Crippen LogP contribution >= 0.6 is 0 Å². The van der Waals surface area contributed by atoms with E-state index < -0.39 is 0 Å². The molecular weight excluding hydrogens is 226 g/mol. The van der Waals surface area contributed by atoms with E-state index in [0.29, 0.717) is 6.54 Å². The van der Waals surface area contributed by atoms with Gasteiger partial charge < -0.3 is 10.6 Å². The summed E-state index contributed by atoms with van der Waals surface area (Å²) in [5, 5.41) is 7.02. The van der Waals surface area contributed by atoms with Crippen LogP contribution in [0.1, 0.15) is 13.3 Å². The zero-order valence-electron chi connectivity index (χ0n) is 10.4. The van der Waals surface area contributed by atoms with Gasteiger partial charge in [-0.1, -0.05) is 25.1 Å². The third-order valence-electron chi connectivity index (χ3n) is 2.64. The molecule has 0 radical (unpaired) electrons. The largest absolute Gasteiger partial charge is 0.374 e. The van der Waals surface area contributed by atoms with Crippen molar-refractivity contribution in [1.29, 1.82) is 0 Å². The number of para-hydroxylation sites is 1. The van der Waals surface area contributed by atoms with Crippen molar-refractivity contribution < 1.29 is 4.79 Å². The Morgan fingerprint density at radius 1 is 1.28 bits per heavy atom. The number of aromatic nitrogens is 1. The molecule has 4 nitrogen and oxygen atoms in total. The van der Waals surface area contributed by atoms with Gasteiger partial charge in [0, 0.05) is 18.1 Å². The Kier molecular flexibility index (Phi) is 4.12. The van der Waals surface area contributed by atoms with Gasteiger partial charge in [0.25, 0.3) is 0 Å². The van der Waals surface area contributed by atoms with E-state index in [9.17, 15) is 4.79 Å². The number of nitrogens with one attached hydrogen (secondary N) is 2. The second-order valence-electron chi connectivity index (χ2n) is 4.08. The van der Waals surface area contributed by atoms with Gasteiger partial charge in [-0.3, -0.25) is 9.78 Å². The Morgan fingerprint density at radius 3 is 2.94 bits per heavy atom. The van der Waals surface area contributed by atoms with Crippen molar-refractivity contribution in [2.24, 2.45) is 0 Å². The van der Waals surface area contributed by atoms with Gasteiger partial charge in [0.05, 0.1) is 17.7 Å². The fourth-order valence-electron chi connectivity index (χ4n) is 1.75. The molecule has 0 atom stereocenters. The number of hydrogen-bond acceptors (Lipinski definition) is 3. The molecular formula is C14H17N3O. The van der Waals surface area contributed by atoms with Crippen LogP contribution in [0.25, 0.3) is 10.9 Å². The zero-order chi connectivity index (χ0) is 12.8. The molecule has 2 rings (SSSR count). The first-order valence-electron chi connectivity index (χ1n) is 6.15. The van der Waals surface area contributed by atoms with Gasteiger partial charge in [-0.05, 0) is 18.6 Å². The number of anilines is 1. The minimum atomic E-state index is 0.00443. The van der Waals surface area contributed by atoms with Gasteiger partial charge in [-0.25, -0.2) is 0 Å². The summed E-state index contributed by atoms with van der Waals surface area (Å²) in [7, 11) is 0. The summed E-state index contributed by atoms with van der Waals surface area (Å²) in [6, 6.07) is 9.80. The van der Waals surface area contributed by atoms with Crippen LogP contribution in [0, 0.1) is 0 Å². The summed E-state index contributed by atoms with van der Waals surface area (Å²) in [5.41, 5.74) is 1.78. The highest BCUT2D eigenvalue weighted by atomic mass is 16.1. The number of nitrogens with zero attached hydrogens (tertiary/aromatic N) is 1. The molecule has 18 heavy (non-hydrogen) atoms. The third kappa shape index (κ3) is 2.97. The maximum atomic E-state index is 11.5. The highest BCUT2D eigenvalue weighted by molar-refractivity contribution is 5.91. The van der Waals surface area contributed by atoms with E-state index in [-0.39, 0.29) is 12.5 Å². The number of carbonyl (C=O) groups is 1. The molecule has 2 aromatic rings. The van der Waals surface area contributed by atoms with Crippen molar-refractivity contribution >= 4 is 22.5 Å². The summed E-state index contributed by atoms with van der Waals surface area (Å²) in [5.74, 6) is 0.00443. The summed E-state index contributed by atoms with van der Waals surface area (Å²) in [4.78, 5) is 15.8.